The zero-order valence-electron chi connectivity index (χ0n) is 14.0. The van der Waals surface area contributed by atoms with E-state index in [4.69, 9.17) is 27.9 Å². The van der Waals surface area contributed by atoms with Gasteiger partial charge < -0.3 is 4.74 Å². The average molecular weight is 393 g/mol. The number of esters is 1. The van der Waals surface area contributed by atoms with Crippen molar-refractivity contribution in [3.8, 4) is 11.6 Å². The standard InChI is InChI=1S/C19H15Cl2FN2O2/c1-11(2)17-10-18(24(23-17)16-5-3-15(22)4-6-16)26-19(25)12-7-13(20)9-14(21)8-12/h3-11H,1-2H3. The number of halogens is 3. The first-order chi connectivity index (χ1) is 12.3. The Kier molecular flexibility index (Phi) is 5.30. The van der Waals surface area contributed by atoms with E-state index in [9.17, 15) is 9.18 Å². The van der Waals surface area contributed by atoms with Crippen LogP contribution in [0.2, 0.25) is 10.0 Å². The van der Waals surface area contributed by atoms with Gasteiger partial charge in [0.2, 0.25) is 5.88 Å². The lowest BCUT2D eigenvalue weighted by Gasteiger charge is -2.08. The van der Waals surface area contributed by atoms with Crippen molar-refractivity contribution in [2.75, 3.05) is 0 Å². The normalized spacial score (nSPS) is 11.0. The molecule has 134 valence electrons. The Bertz CT molecular complexity index is 932. The Morgan fingerprint density at radius 1 is 1.08 bits per heavy atom. The van der Waals surface area contributed by atoms with E-state index in [0.717, 1.165) is 5.69 Å². The molecule has 0 aliphatic rings. The van der Waals surface area contributed by atoms with E-state index in [1.165, 1.54) is 35.0 Å². The average Bonchev–Trinajstić information content (AvgIpc) is 2.99. The van der Waals surface area contributed by atoms with Crippen LogP contribution in [0.3, 0.4) is 0 Å². The van der Waals surface area contributed by atoms with Crippen LogP contribution in [0.25, 0.3) is 5.69 Å². The molecule has 3 aromatic rings. The van der Waals surface area contributed by atoms with Gasteiger partial charge in [-0.3, -0.25) is 0 Å². The molecule has 1 heterocycles. The van der Waals surface area contributed by atoms with Crippen molar-refractivity contribution in [2.45, 2.75) is 19.8 Å². The maximum atomic E-state index is 13.2. The fraction of sp³-hybridized carbons (Fsp3) is 0.158. The highest BCUT2D eigenvalue weighted by atomic mass is 35.5. The highest BCUT2D eigenvalue weighted by molar-refractivity contribution is 6.35. The Morgan fingerprint density at radius 3 is 2.27 bits per heavy atom. The van der Waals surface area contributed by atoms with Crippen LogP contribution in [0.4, 0.5) is 4.39 Å². The molecule has 0 atom stereocenters. The molecule has 0 spiro atoms. The van der Waals surface area contributed by atoms with E-state index < -0.39 is 5.97 Å². The lowest BCUT2D eigenvalue weighted by Crippen LogP contribution is -2.12. The highest BCUT2D eigenvalue weighted by Crippen LogP contribution is 2.26. The summed E-state index contributed by atoms with van der Waals surface area (Å²) in [7, 11) is 0. The van der Waals surface area contributed by atoms with Crippen molar-refractivity contribution in [3.05, 3.63) is 75.7 Å². The van der Waals surface area contributed by atoms with Crippen LogP contribution in [0.1, 0.15) is 35.8 Å². The second kappa shape index (κ2) is 7.48. The van der Waals surface area contributed by atoms with Crippen molar-refractivity contribution < 1.29 is 13.9 Å². The molecular formula is C19H15Cl2FN2O2. The lowest BCUT2D eigenvalue weighted by atomic mass is 10.1. The van der Waals surface area contributed by atoms with Crippen molar-refractivity contribution >= 4 is 29.2 Å². The van der Waals surface area contributed by atoms with Crippen LogP contribution >= 0.6 is 23.2 Å². The lowest BCUT2D eigenvalue weighted by molar-refractivity contribution is 0.0723. The number of ether oxygens (including phenoxy) is 1. The molecule has 4 nitrogen and oxygen atoms in total. The van der Waals surface area contributed by atoms with Gasteiger partial charge in [-0.15, -0.1) is 0 Å². The van der Waals surface area contributed by atoms with Gasteiger partial charge in [0.15, 0.2) is 0 Å². The van der Waals surface area contributed by atoms with E-state index in [-0.39, 0.29) is 23.2 Å². The number of nitrogens with zero attached hydrogens (tertiary/aromatic N) is 2. The highest BCUT2D eigenvalue weighted by Gasteiger charge is 2.18. The predicted molar refractivity (Wildman–Crippen MR) is 99.0 cm³/mol. The molecule has 0 N–H and O–H groups in total. The fourth-order valence-corrected chi connectivity index (χ4v) is 2.85. The molecule has 0 amide bonds. The van der Waals surface area contributed by atoms with Crippen LogP contribution in [0.5, 0.6) is 5.88 Å². The van der Waals surface area contributed by atoms with Crippen molar-refractivity contribution in [1.82, 2.24) is 9.78 Å². The number of carbonyl (C=O) groups is 1. The molecule has 3 rings (SSSR count). The number of benzene rings is 2. The molecule has 0 saturated heterocycles. The number of carbonyl (C=O) groups excluding carboxylic acids is 1. The van der Waals surface area contributed by atoms with E-state index in [1.807, 2.05) is 13.8 Å². The molecule has 0 fully saturated rings. The van der Waals surface area contributed by atoms with Gasteiger partial charge in [-0.1, -0.05) is 37.0 Å². The van der Waals surface area contributed by atoms with Gasteiger partial charge in [-0.2, -0.15) is 5.10 Å². The van der Waals surface area contributed by atoms with E-state index in [0.29, 0.717) is 15.7 Å². The minimum atomic E-state index is -0.618. The summed E-state index contributed by atoms with van der Waals surface area (Å²) in [6.45, 7) is 3.94. The summed E-state index contributed by atoms with van der Waals surface area (Å²) >= 11 is 11.9. The minimum absolute atomic E-state index is 0.120. The van der Waals surface area contributed by atoms with E-state index >= 15 is 0 Å². The van der Waals surface area contributed by atoms with Crippen molar-refractivity contribution in [3.63, 3.8) is 0 Å². The third-order valence-corrected chi connectivity index (χ3v) is 4.09. The topological polar surface area (TPSA) is 44.1 Å². The molecule has 26 heavy (non-hydrogen) atoms. The second-order valence-electron chi connectivity index (χ2n) is 6.00. The third-order valence-electron chi connectivity index (χ3n) is 3.65. The Hall–Kier alpha value is -2.37. The number of rotatable bonds is 4. The zero-order valence-corrected chi connectivity index (χ0v) is 15.6. The maximum Gasteiger partial charge on any atom is 0.344 e. The molecule has 0 unspecified atom stereocenters. The SMILES string of the molecule is CC(C)c1cc(OC(=O)c2cc(Cl)cc(Cl)c2)n(-c2ccc(F)cc2)n1. The molecule has 0 radical (unpaired) electrons. The third kappa shape index (κ3) is 4.06. The van der Waals surface area contributed by atoms with E-state index in [1.54, 1.807) is 18.2 Å². The van der Waals surface area contributed by atoms with Crippen LogP contribution in [0, 0.1) is 5.82 Å². The minimum Gasteiger partial charge on any atom is -0.404 e. The Morgan fingerprint density at radius 2 is 1.69 bits per heavy atom. The number of hydrogen-bond acceptors (Lipinski definition) is 3. The summed E-state index contributed by atoms with van der Waals surface area (Å²) in [5, 5.41) is 5.12. The smallest absolute Gasteiger partial charge is 0.344 e. The summed E-state index contributed by atoms with van der Waals surface area (Å²) in [6, 6.07) is 11.9. The molecule has 1 aromatic heterocycles. The van der Waals surface area contributed by atoms with Crippen molar-refractivity contribution in [2.24, 2.45) is 0 Å². The van der Waals surface area contributed by atoms with Crippen LogP contribution in [-0.4, -0.2) is 15.7 Å². The van der Waals surface area contributed by atoms with E-state index in [2.05, 4.69) is 5.10 Å². The molecule has 2 aromatic carbocycles. The zero-order chi connectivity index (χ0) is 18.8. The van der Waals surface area contributed by atoms with Gasteiger partial charge in [-0.25, -0.2) is 13.9 Å². The van der Waals surface area contributed by atoms with Crippen LogP contribution in [0.15, 0.2) is 48.5 Å². The van der Waals surface area contributed by atoms with Gasteiger partial charge in [0.05, 0.1) is 16.9 Å². The van der Waals surface area contributed by atoms with Gasteiger partial charge in [0.25, 0.3) is 0 Å². The maximum absolute atomic E-state index is 13.2. The summed E-state index contributed by atoms with van der Waals surface area (Å²) in [4.78, 5) is 12.5. The Balaban J connectivity index is 1.98. The van der Waals surface area contributed by atoms with Crippen LogP contribution in [-0.2, 0) is 0 Å². The predicted octanol–water partition coefficient (Wildman–Crippen LogP) is 5.66. The van der Waals surface area contributed by atoms with Crippen molar-refractivity contribution in [1.29, 1.82) is 0 Å². The molecular weight excluding hydrogens is 378 g/mol. The molecule has 0 aliphatic carbocycles. The number of hydrogen-bond donors (Lipinski definition) is 0. The first-order valence-electron chi connectivity index (χ1n) is 7.87. The fourth-order valence-electron chi connectivity index (χ4n) is 2.33. The van der Waals surface area contributed by atoms with Gasteiger partial charge in [0.1, 0.15) is 5.82 Å². The summed E-state index contributed by atoms with van der Waals surface area (Å²) in [6.07, 6.45) is 0. The van der Waals surface area contributed by atoms with Gasteiger partial charge in [-0.05, 0) is 48.4 Å². The summed E-state index contributed by atoms with van der Waals surface area (Å²) in [5.74, 6) is -0.638. The first kappa shape index (κ1) is 18.4. The first-order valence-corrected chi connectivity index (χ1v) is 8.63. The van der Waals surface area contributed by atoms with Gasteiger partial charge >= 0.3 is 5.97 Å². The molecule has 0 bridgehead atoms. The molecule has 0 aliphatic heterocycles. The summed E-state index contributed by atoms with van der Waals surface area (Å²) in [5.41, 5.74) is 1.53. The molecule has 7 heteroatoms. The number of aromatic nitrogens is 2. The molecule has 0 saturated carbocycles. The second-order valence-corrected chi connectivity index (χ2v) is 6.87. The summed E-state index contributed by atoms with van der Waals surface area (Å²) < 4.78 is 20.2. The van der Waals surface area contributed by atoms with Gasteiger partial charge in [0, 0.05) is 16.1 Å². The largest absolute Gasteiger partial charge is 0.404 e. The monoisotopic (exact) mass is 392 g/mol. The quantitative estimate of drug-likeness (QED) is 0.537. The van der Waals surface area contributed by atoms with Crippen LogP contribution < -0.4 is 4.74 Å². The Labute approximate surface area is 160 Å².